The van der Waals surface area contributed by atoms with E-state index < -0.39 is 0 Å². The molecule has 3 N–H and O–H groups in total. The van der Waals surface area contributed by atoms with Gasteiger partial charge in [-0.15, -0.1) is 10.2 Å². The lowest BCUT2D eigenvalue weighted by molar-refractivity contribution is 0.318. The lowest BCUT2D eigenvalue weighted by Crippen LogP contribution is -2.13. The maximum Gasteiger partial charge on any atom is 0.179 e. The van der Waals surface area contributed by atoms with E-state index in [-0.39, 0.29) is 5.84 Å². The van der Waals surface area contributed by atoms with Gasteiger partial charge in [0.15, 0.2) is 10.2 Å². The molecule has 0 radical (unpaired) electrons. The molecule has 0 aliphatic rings. The van der Waals surface area contributed by atoms with Crippen LogP contribution in [0.1, 0.15) is 10.6 Å². The Morgan fingerprint density at radius 3 is 2.83 bits per heavy atom. The molecule has 0 saturated carbocycles. The van der Waals surface area contributed by atoms with E-state index in [1.54, 1.807) is 12.1 Å². The Kier molecular flexibility index (Phi) is 4.05. The molecular weight excluding hydrogens is 292 g/mol. The Bertz CT molecular complexity index is 599. The lowest BCUT2D eigenvalue weighted by atomic mass is 10.2. The van der Waals surface area contributed by atoms with Crippen LogP contribution in [0.4, 0.5) is 0 Å². The minimum Gasteiger partial charge on any atom is -0.409 e. The van der Waals surface area contributed by atoms with Gasteiger partial charge >= 0.3 is 0 Å². The standard InChI is InChI=1S/C10H9ClN4OS2/c1-5-13-14-10(17-5)18-6-2-3-7(8(11)4-6)9(12)15-16/h2-4,16H,1H3,(H2,12,15). The number of amidine groups is 1. The number of halogens is 1. The molecule has 0 bridgehead atoms. The van der Waals surface area contributed by atoms with Crippen molar-refractivity contribution < 1.29 is 5.21 Å². The summed E-state index contributed by atoms with van der Waals surface area (Å²) in [5.74, 6) is -0.0108. The monoisotopic (exact) mass is 300 g/mol. The molecule has 1 aromatic carbocycles. The molecule has 0 fully saturated rings. The largest absolute Gasteiger partial charge is 0.409 e. The summed E-state index contributed by atoms with van der Waals surface area (Å²) in [4.78, 5) is 0.922. The molecule has 8 heteroatoms. The van der Waals surface area contributed by atoms with Crippen molar-refractivity contribution in [2.45, 2.75) is 16.2 Å². The zero-order valence-corrected chi connectivity index (χ0v) is 11.7. The fourth-order valence-electron chi connectivity index (χ4n) is 1.24. The number of oxime groups is 1. The van der Waals surface area contributed by atoms with Gasteiger partial charge in [-0.3, -0.25) is 0 Å². The predicted octanol–water partition coefficient (Wildman–Crippen LogP) is 2.75. The first-order chi connectivity index (χ1) is 8.60. The number of rotatable bonds is 3. The van der Waals surface area contributed by atoms with Crippen LogP contribution in [0.15, 0.2) is 32.6 Å². The second-order valence-corrected chi connectivity index (χ2v) is 6.23. The van der Waals surface area contributed by atoms with Crippen LogP contribution in [-0.4, -0.2) is 21.2 Å². The fraction of sp³-hybridized carbons (Fsp3) is 0.100. The first-order valence-corrected chi connectivity index (χ1v) is 6.86. The molecule has 0 spiro atoms. The van der Waals surface area contributed by atoms with Gasteiger partial charge in [0.05, 0.1) is 5.02 Å². The van der Waals surface area contributed by atoms with E-state index in [4.69, 9.17) is 22.5 Å². The van der Waals surface area contributed by atoms with E-state index in [1.165, 1.54) is 23.1 Å². The number of nitrogens with two attached hydrogens (primary N) is 1. The van der Waals surface area contributed by atoms with Crippen molar-refractivity contribution in [3.05, 3.63) is 33.8 Å². The van der Waals surface area contributed by atoms with Crippen molar-refractivity contribution >= 4 is 40.5 Å². The van der Waals surface area contributed by atoms with E-state index >= 15 is 0 Å². The second kappa shape index (κ2) is 5.55. The van der Waals surface area contributed by atoms with Gasteiger partial charge in [0.25, 0.3) is 0 Å². The highest BCUT2D eigenvalue weighted by Crippen LogP contribution is 2.32. The number of aromatic nitrogens is 2. The highest BCUT2D eigenvalue weighted by atomic mass is 35.5. The minimum atomic E-state index is -0.0108. The van der Waals surface area contributed by atoms with Crippen molar-refractivity contribution in [1.29, 1.82) is 0 Å². The third-order valence-electron chi connectivity index (χ3n) is 2.04. The maximum absolute atomic E-state index is 8.60. The van der Waals surface area contributed by atoms with Crippen LogP contribution < -0.4 is 5.73 Å². The summed E-state index contributed by atoms with van der Waals surface area (Å²) in [7, 11) is 0. The molecule has 1 heterocycles. The molecule has 0 aliphatic heterocycles. The first-order valence-electron chi connectivity index (χ1n) is 4.85. The van der Waals surface area contributed by atoms with Crippen LogP contribution >= 0.6 is 34.7 Å². The third-order valence-corrected chi connectivity index (χ3v) is 4.23. The van der Waals surface area contributed by atoms with Gasteiger partial charge in [-0.2, -0.15) is 0 Å². The molecule has 2 rings (SSSR count). The van der Waals surface area contributed by atoms with E-state index in [0.717, 1.165) is 14.2 Å². The van der Waals surface area contributed by atoms with E-state index in [2.05, 4.69) is 15.4 Å². The summed E-state index contributed by atoms with van der Waals surface area (Å²) < 4.78 is 0.847. The molecule has 1 aromatic heterocycles. The molecule has 18 heavy (non-hydrogen) atoms. The van der Waals surface area contributed by atoms with Gasteiger partial charge in [0, 0.05) is 10.5 Å². The van der Waals surface area contributed by atoms with Crippen LogP contribution in [0.2, 0.25) is 5.02 Å². The molecule has 0 amide bonds. The molecule has 0 saturated heterocycles. The molecule has 0 atom stereocenters. The molecule has 0 unspecified atom stereocenters. The Hall–Kier alpha value is -1.31. The SMILES string of the molecule is Cc1nnc(Sc2ccc(C(N)=NO)c(Cl)c2)s1. The summed E-state index contributed by atoms with van der Waals surface area (Å²) in [6, 6.07) is 5.28. The summed E-state index contributed by atoms with van der Waals surface area (Å²) in [6.45, 7) is 1.90. The van der Waals surface area contributed by atoms with Gasteiger partial charge in [0.2, 0.25) is 0 Å². The van der Waals surface area contributed by atoms with Crippen LogP contribution in [0.25, 0.3) is 0 Å². The second-order valence-electron chi connectivity index (χ2n) is 3.32. The van der Waals surface area contributed by atoms with Gasteiger partial charge in [-0.05, 0) is 25.1 Å². The van der Waals surface area contributed by atoms with Crippen LogP contribution in [0.3, 0.4) is 0 Å². The Balaban J connectivity index is 2.24. The van der Waals surface area contributed by atoms with E-state index in [0.29, 0.717) is 10.6 Å². The summed E-state index contributed by atoms with van der Waals surface area (Å²) in [5, 5.41) is 20.8. The predicted molar refractivity (Wildman–Crippen MR) is 72.7 cm³/mol. The highest BCUT2D eigenvalue weighted by molar-refractivity contribution is 8.01. The normalized spacial score (nSPS) is 11.8. The quantitative estimate of drug-likeness (QED) is 0.394. The summed E-state index contributed by atoms with van der Waals surface area (Å²) >= 11 is 9.04. The van der Waals surface area contributed by atoms with Crippen LogP contribution in [0, 0.1) is 6.92 Å². The summed E-state index contributed by atoms with van der Waals surface area (Å²) in [5.41, 5.74) is 5.99. The number of nitrogens with zero attached hydrogens (tertiary/aromatic N) is 3. The molecule has 2 aromatic rings. The minimum absolute atomic E-state index is 0.0108. The Morgan fingerprint density at radius 2 is 2.28 bits per heavy atom. The first kappa shape index (κ1) is 13.1. The molecular formula is C10H9ClN4OS2. The molecule has 0 aliphatic carbocycles. The van der Waals surface area contributed by atoms with Crippen molar-refractivity contribution in [1.82, 2.24) is 10.2 Å². The van der Waals surface area contributed by atoms with E-state index in [1.807, 2.05) is 13.0 Å². The molecule has 5 nitrogen and oxygen atoms in total. The van der Waals surface area contributed by atoms with Crippen LogP contribution in [0.5, 0.6) is 0 Å². The maximum atomic E-state index is 8.60. The average molecular weight is 301 g/mol. The number of hydrogen-bond acceptors (Lipinski definition) is 6. The van der Waals surface area contributed by atoms with Gasteiger partial charge in [0.1, 0.15) is 5.01 Å². The molecule has 94 valence electrons. The van der Waals surface area contributed by atoms with Crippen molar-refractivity contribution in [2.75, 3.05) is 0 Å². The van der Waals surface area contributed by atoms with Crippen molar-refractivity contribution in [3.63, 3.8) is 0 Å². The summed E-state index contributed by atoms with van der Waals surface area (Å²) in [6.07, 6.45) is 0. The van der Waals surface area contributed by atoms with Gasteiger partial charge < -0.3 is 10.9 Å². The van der Waals surface area contributed by atoms with Gasteiger partial charge in [-0.25, -0.2) is 0 Å². The highest BCUT2D eigenvalue weighted by Gasteiger charge is 2.09. The van der Waals surface area contributed by atoms with E-state index in [9.17, 15) is 0 Å². The van der Waals surface area contributed by atoms with Crippen LogP contribution in [-0.2, 0) is 0 Å². The Morgan fingerprint density at radius 1 is 1.50 bits per heavy atom. The van der Waals surface area contributed by atoms with Gasteiger partial charge in [-0.1, -0.05) is 39.9 Å². The van der Waals surface area contributed by atoms with Crippen molar-refractivity contribution in [3.8, 4) is 0 Å². The number of benzene rings is 1. The fourth-order valence-corrected chi connectivity index (χ4v) is 3.41. The third kappa shape index (κ3) is 2.92. The number of hydrogen-bond donors (Lipinski definition) is 2. The average Bonchev–Trinajstić information content (AvgIpc) is 2.74. The zero-order valence-electron chi connectivity index (χ0n) is 9.29. The smallest absolute Gasteiger partial charge is 0.179 e. The Labute approximate surface area is 117 Å². The topological polar surface area (TPSA) is 84.4 Å². The zero-order chi connectivity index (χ0) is 13.1. The lowest BCUT2D eigenvalue weighted by Gasteiger charge is -2.04. The van der Waals surface area contributed by atoms with Crippen molar-refractivity contribution in [2.24, 2.45) is 10.9 Å². The number of aryl methyl sites for hydroxylation is 1.